The molecule has 0 aliphatic heterocycles. The highest BCUT2D eigenvalue weighted by molar-refractivity contribution is 5.03. The minimum absolute atomic E-state index is 0.587. The van der Waals surface area contributed by atoms with Crippen molar-refractivity contribution in [2.24, 2.45) is 5.92 Å². The van der Waals surface area contributed by atoms with Gasteiger partial charge in [-0.1, -0.05) is 19.9 Å². The van der Waals surface area contributed by atoms with Gasteiger partial charge in [0.2, 0.25) is 0 Å². The van der Waals surface area contributed by atoms with E-state index in [1.165, 1.54) is 5.69 Å². The van der Waals surface area contributed by atoms with E-state index in [2.05, 4.69) is 48.2 Å². The Labute approximate surface area is 105 Å². The summed E-state index contributed by atoms with van der Waals surface area (Å²) in [4.78, 5) is 6.79. The predicted molar refractivity (Wildman–Crippen MR) is 73.1 cm³/mol. The Kier molecular flexibility index (Phi) is 6.16. The highest BCUT2D eigenvalue weighted by atomic mass is 15.1. The first-order chi connectivity index (χ1) is 8.15. The van der Waals surface area contributed by atoms with Crippen molar-refractivity contribution >= 4 is 0 Å². The highest BCUT2D eigenvalue weighted by Gasteiger charge is 2.17. The Balaban J connectivity index is 2.44. The Morgan fingerprint density at radius 3 is 2.65 bits per heavy atom. The van der Waals surface area contributed by atoms with E-state index in [-0.39, 0.29) is 0 Å². The first kappa shape index (κ1) is 14.1. The van der Waals surface area contributed by atoms with E-state index in [9.17, 15) is 0 Å². The molecular weight excluding hydrogens is 210 g/mol. The number of rotatable bonds is 7. The van der Waals surface area contributed by atoms with E-state index in [0.29, 0.717) is 12.0 Å². The van der Waals surface area contributed by atoms with Crippen molar-refractivity contribution < 1.29 is 0 Å². The van der Waals surface area contributed by atoms with Gasteiger partial charge in [0.1, 0.15) is 0 Å². The van der Waals surface area contributed by atoms with Gasteiger partial charge in [0.25, 0.3) is 0 Å². The number of pyridine rings is 1. The molecular formula is C14H25N3. The molecule has 0 bridgehead atoms. The Hall–Kier alpha value is -0.930. The molecule has 1 N–H and O–H groups in total. The third kappa shape index (κ3) is 4.84. The smallest absolute Gasteiger partial charge is 0.0416 e. The summed E-state index contributed by atoms with van der Waals surface area (Å²) >= 11 is 0. The second-order valence-corrected chi connectivity index (χ2v) is 4.92. The van der Waals surface area contributed by atoms with Gasteiger partial charge in [-0.25, -0.2) is 0 Å². The quantitative estimate of drug-likeness (QED) is 0.781. The second kappa shape index (κ2) is 7.41. The first-order valence-corrected chi connectivity index (χ1v) is 6.40. The fourth-order valence-corrected chi connectivity index (χ4v) is 2.11. The summed E-state index contributed by atoms with van der Waals surface area (Å²) in [6.07, 6.45) is 2.88. The van der Waals surface area contributed by atoms with E-state index in [4.69, 9.17) is 0 Å². The van der Waals surface area contributed by atoms with Gasteiger partial charge in [-0.15, -0.1) is 0 Å². The van der Waals surface area contributed by atoms with Crippen molar-refractivity contribution in [2.45, 2.75) is 26.3 Å². The summed E-state index contributed by atoms with van der Waals surface area (Å²) in [6, 6.07) is 6.70. The molecule has 1 aromatic rings. The van der Waals surface area contributed by atoms with E-state index < -0.39 is 0 Å². The van der Waals surface area contributed by atoms with Gasteiger partial charge >= 0.3 is 0 Å². The van der Waals surface area contributed by atoms with Crippen molar-refractivity contribution in [3.8, 4) is 0 Å². The maximum atomic E-state index is 4.36. The lowest BCUT2D eigenvalue weighted by Gasteiger charge is -2.31. The second-order valence-electron chi connectivity index (χ2n) is 4.92. The van der Waals surface area contributed by atoms with Gasteiger partial charge in [0.15, 0.2) is 0 Å². The van der Waals surface area contributed by atoms with Gasteiger partial charge in [-0.2, -0.15) is 0 Å². The van der Waals surface area contributed by atoms with Crippen LogP contribution in [-0.2, 0) is 6.42 Å². The topological polar surface area (TPSA) is 28.2 Å². The Morgan fingerprint density at radius 1 is 1.35 bits per heavy atom. The highest BCUT2D eigenvalue weighted by Crippen LogP contribution is 2.09. The molecule has 1 heterocycles. The number of hydrogen-bond acceptors (Lipinski definition) is 3. The lowest BCUT2D eigenvalue weighted by molar-refractivity contribution is 0.191. The molecule has 17 heavy (non-hydrogen) atoms. The van der Waals surface area contributed by atoms with Crippen molar-refractivity contribution in [3.05, 3.63) is 30.1 Å². The van der Waals surface area contributed by atoms with Crippen molar-refractivity contribution in [3.63, 3.8) is 0 Å². The Morgan fingerprint density at radius 2 is 2.12 bits per heavy atom. The van der Waals surface area contributed by atoms with Gasteiger partial charge in [-0.3, -0.25) is 4.98 Å². The molecule has 0 aliphatic carbocycles. The zero-order chi connectivity index (χ0) is 12.7. The molecule has 3 nitrogen and oxygen atoms in total. The van der Waals surface area contributed by atoms with Gasteiger partial charge in [-0.05, 0) is 32.1 Å². The van der Waals surface area contributed by atoms with E-state index in [0.717, 1.165) is 19.5 Å². The van der Waals surface area contributed by atoms with Crippen molar-refractivity contribution in [2.75, 3.05) is 27.2 Å². The molecule has 0 fully saturated rings. The zero-order valence-corrected chi connectivity index (χ0v) is 11.5. The van der Waals surface area contributed by atoms with Crippen LogP contribution in [0, 0.1) is 5.92 Å². The zero-order valence-electron chi connectivity index (χ0n) is 11.5. The fourth-order valence-electron chi connectivity index (χ4n) is 2.11. The number of nitrogens with one attached hydrogen (secondary N) is 1. The summed E-state index contributed by atoms with van der Waals surface area (Å²) in [7, 11) is 4.22. The molecule has 0 spiro atoms. The number of hydrogen-bond donors (Lipinski definition) is 1. The average Bonchev–Trinajstić information content (AvgIpc) is 2.34. The molecule has 0 aromatic carbocycles. The van der Waals surface area contributed by atoms with E-state index >= 15 is 0 Å². The molecule has 3 heteroatoms. The maximum absolute atomic E-state index is 4.36. The molecule has 0 amide bonds. The summed E-state index contributed by atoms with van der Waals surface area (Å²) in [5, 5.41) is 3.27. The van der Waals surface area contributed by atoms with Crippen LogP contribution >= 0.6 is 0 Å². The minimum atomic E-state index is 0.587. The maximum Gasteiger partial charge on any atom is 0.0416 e. The molecule has 0 saturated carbocycles. The number of nitrogens with zero attached hydrogens (tertiary/aromatic N) is 2. The van der Waals surface area contributed by atoms with Crippen LogP contribution in [0.15, 0.2) is 24.4 Å². The van der Waals surface area contributed by atoms with Crippen LogP contribution in [0.25, 0.3) is 0 Å². The lowest BCUT2D eigenvalue weighted by atomic mass is 10.0. The molecule has 1 unspecified atom stereocenters. The summed E-state index contributed by atoms with van der Waals surface area (Å²) in [5.41, 5.74) is 1.17. The third-order valence-corrected chi connectivity index (χ3v) is 3.20. The summed E-state index contributed by atoms with van der Waals surface area (Å²) in [5.74, 6) is 0.663. The fraction of sp³-hybridized carbons (Fsp3) is 0.643. The lowest BCUT2D eigenvalue weighted by Crippen LogP contribution is -2.43. The average molecular weight is 235 g/mol. The first-order valence-electron chi connectivity index (χ1n) is 6.40. The van der Waals surface area contributed by atoms with Gasteiger partial charge < -0.3 is 10.2 Å². The summed E-state index contributed by atoms with van der Waals surface area (Å²) < 4.78 is 0. The normalized spacial score (nSPS) is 13.3. The molecule has 0 saturated heterocycles. The van der Waals surface area contributed by atoms with Crippen LogP contribution < -0.4 is 5.32 Å². The predicted octanol–water partition coefficient (Wildman–Crippen LogP) is 1.80. The van der Waals surface area contributed by atoms with E-state index in [1.807, 2.05) is 19.3 Å². The van der Waals surface area contributed by atoms with Crippen LogP contribution in [0.4, 0.5) is 0 Å². The molecule has 0 aliphatic rings. The number of likely N-dealkylation sites (N-methyl/N-ethyl adjacent to an activating group) is 2. The summed E-state index contributed by atoms with van der Waals surface area (Å²) in [6.45, 7) is 6.65. The number of aromatic nitrogens is 1. The standard InChI is InChI=1S/C14H25N3/c1-12(2)14(11-15-3)17(4)10-8-13-7-5-6-9-16-13/h5-7,9,12,14-15H,8,10-11H2,1-4H3. The minimum Gasteiger partial charge on any atom is -0.318 e. The van der Waals surface area contributed by atoms with Crippen LogP contribution in [0.3, 0.4) is 0 Å². The van der Waals surface area contributed by atoms with Crippen molar-refractivity contribution in [1.82, 2.24) is 15.2 Å². The molecule has 1 rings (SSSR count). The molecule has 0 radical (unpaired) electrons. The van der Waals surface area contributed by atoms with Gasteiger partial charge in [0.05, 0.1) is 0 Å². The van der Waals surface area contributed by atoms with Crippen LogP contribution in [0.1, 0.15) is 19.5 Å². The van der Waals surface area contributed by atoms with Crippen LogP contribution in [0.5, 0.6) is 0 Å². The Bertz CT molecular complexity index is 298. The van der Waals surface area contributed by atoms with Crippen molar-refractivity contribution in [1.29, 1.82) is 0 Å². The molecule has 96 valence electrons. The molecule has 1 atom stereocenters. The third-order valence-electron chi connectivity index (χ3n) is 3.20. The molecule has 1 aromatic heterocycles. The van der Waals surface area contributed by atoms with Gasteiger partial charge in [0, 0.05) is 37.4 Å². The van der Waals surface area contributed by atoms with Crippen LogP contribution in [-0.4, -0.2) is 43.1 Å². The SMILES string of the molecule is CNCC(C(C)C)N(C)CCc1ccccn1. The largest absolute Gasteiger partial charge is 0.318 e. The van der Waals surface area contributed by atoms with E-state index in [1.54, 1.807) is 0 Å². The monoisotopic (exact) mass is 235 g/mol. The van der Waals surface area contributed by atoms with Crippen LogP contribution in [0.2, 0.25) is 0 Å².